The molecule has 0 spiro atoms. The van der Waals surface area contributed by atoms with E-state index in [9.17, 15) is 8.42 Å². The third kappa shape index (κ3) is 1.97. The highest BCUT2D eigenvalue weighted by Gasteiger charge is 2.21. The number of nitrogens with zero attached hydrogens (tertiary/aromatic N) is 4. The van der Waals surface area contributed by atoms with Gasteiger partial charge in [-0.25, -0.2) is 8.42 Å². The lowest BCUT2D eigenvalue weighted by Crippen LogP contribution is -2.13. The maximum atomic E-state index is 11.8. The Morgan fingerprint density at radius 3 is 2.81 bits per heavy atom. The molecule has 0 aliphatic carbocycles. The molecule has 2 aromatic heterocycles. The molecule has 0 unspecified atom stereocenters. The second-order valence-electron chi connectivity index (χ2n) is 2.94. The molecular formula is C6H8N6O2S2. The van der Waals surface area contributed by atoms with Gasteiger partial charge >= 0.3 is 0 Å². The van der Waals surface area contributed by atoms with E-state index in [2.05, 4.69) is 19.4 Å². The number of aryl methyl sites for hydroxylation is 1. The molecule has 0 saturated heterocycles. The zero-order chi connectivity index (χ0) is 11.8. The minimum Gasteiger partial charge on any atom is -0.381 e. The smallest absolute Gasteiger partial charge is 0.267 e. The van der Waals surface area contributed by atoms with Crippen LogP contribution in [0.1, 0.15) is 0 Å². The number of rotatable bonds is 3. The normalized spacial score (nSPS) is 11.6. The summed E-state index contributed by atoms with van der Waals surface area (Å²) in [6.45, 7) is 0. The summed E-state index contributed by atoms with van der Waals surface area (Å²) in [5.74, 6) is -0.0486. The summed E-state index contributed by atoms with van der Waals surface area (Å²) in [5.41, 5.74) is 5.48. The van der Waals surface area contributed by atoms with Crippen molar-refractivity contribution in [3.8, 4) is 0 Å². The molecule has 0 aliphatic rings. The van der Waals surface area contributed by atoms with Crippen molar-refractivity contribution in [3.63, 3.8) is 0 Å². The van der Waals surface area contributed by atoms with Crippen molar-refractivity contribution in [3.05, 3.63) is 12.4 Å². The molecule has 0 aliphatic heterocycles. The van der Waals surface area contributed by atoms with Gasteiger partial charge in [-0.2, -0.15) is 5.10 Å². The molecule has 0 amide bonds. The molecule has 3 N–H and O–H groups in total. The van der Waals surface area contributed by atoms with Crippen molar-refractivity contribution < 1.29 is 8.42 Å². The fourth-order valence-electron chi connectivity index (χ4n) is 1.09. The Morgan fingerprint density at radius 2 is 2.31 bits per heavy atom. The van der Waals surface area contributed by atoms with Gasteiger partial charge in [0.25, 0.3) is 10.0 Å². The van der Waals surface area contributed by atoms with E-state index in [1.165, 1.54) is 17.1 Å². The van der Waals surface area contributed by atoms with Gasteiger partial charge in [-0.05, 0) is 0 Å². The molecule has 0 saturated carbocycles. The quantitative estimate of drug-likeness (QED) is 0.779. The Morgan fingerprint density at radius 1 is 1.56 bits per heavy atom. The number of nitrogen functional groups attached to an aromatic ring is 1. The summed E-state index contributed by atoms with van der Waals surface area (Å²) in [5, 5.41) is 7.59. The molecule has 0 bridgehead atoms. The number of aromatic nitrogens is 4. The van der Waals surface area contributed by atoms with Crippen molar-refractivity contribution in [1.29, 1.82) is 0 Å². The topological polar surface area (TPSA) is 116 Å². The van der Waals surface area contributed by atoms with Crippen molar-refractivity contribution in [2.75, 3.05) is 10.5 Å². The summed E-state index contributed by atoms with van der Waals surface area (Å²) in [4.78, 5) is -0.0663. The first-order valence-corrected chi connectivity index (χ1v) is 6.34. The first kappa shape index (κ1) is 10.8. The molecule has 2 rings (SSSR count). The molecule has 2 heterocycles. The van der Waals surface area contributed by atoms with Crippen LogP contribution < -0.4 is 10.5 Å². The maximum Gasteiger partial charge on any atom is 0.267 e. The highest BCUT2D eigenvalue weighted by atomic mass is 32.2. The Hall–Kier alpha value is -1.68. The van der Waals surface area contributed by atoms with Crippen LogP contribution in [0, 0.1) is 0 Å². The van der Waals surface area contributed by atoms with Gasteiger partial charge in [-0.3, -0.25) is 9.40 Å². The Kier molecular flexibility index (Phi) is 2.52. The lowest BCUT2D eigenvalue weighted by Gasteiger charge is -2.02. The van der Waals surface area contributed by atoms with Crippen LogP contribution in [-0.4, -0.2) is 27.8 Å². The van der Waals surface area contributed by atoms with Gasteiger partial charge in [0.2, 0.25) is 0 Å². The van der Waals surface area contributed by atoms with Crippen LogP contribution in [0.3, 0.4) is 0 Å². The number of sulfonamides is 1. The van der Waals surface area contributed by atoms with Crippen LogP contribution in [0.15, 0.2) is 17.3 Å². The lowest BCUT2D eigenvalue weighted by atomic mass is 10.7. The number of hydrogen-bond acceptors (Lipinski definition) is 7. The van der Waals surface area contributed by atoms with Gasteiger partial charge in [0, 0.05) is 24.8 Å². The van der Waals surface area contributed by atoms with E-state index in [4.69, 9.17) is 5.73 Å². The van der Waals surface area contributed by atoms with Gasteiger partial charge in [-0.1, -0.05) is 4.49 Å². The zero-order valence-electron chi connectivity index (χ0n) is 8.15. The Bertz CT molecular complexity index is 587. The second kappa shape index (κ2) is 3.72. The van der Waals surface area contributed by atoms with Crippen LogP contribution in [0.2, 0.25) is 0 Å². The SMILES string of the molecule is Cn1cc(S(=O)(=O)Nc2cnns2)c(N)n1. The van der Waals surface area contributed by atoms with Crippen molar-refractivity contribution >= 4 is 32.4 Å². The molecule has 0 atom stereocenters. The molecule has 0 fully saturated rings. The fraction of sp³-hybridized carbons (Fsp3) is 0.167. The van der Waals surface area contributed by atoms with Gasteiger partial charge in [0.05, 0.1) is 6.20 Å². The first-order valence-electron chi connectivity index (χ1n) is 4.08. The van der Waals surface area contributed by atoms with E-state index in [1.54, 1.807) is 7.05 Å². The predicted octanol–water partition coefficient (Wildman–Crippen LogP) is -0.345. The van der Waals surface area contributed by atoms with Gasteiger partial charge in [0.15, 0.2) is 5.82 Å². The van der Waals surface area contributed by atoms with Crippen molar-refractivity contribution in [1.82, 2.24) is 19.4 Å². The third-order valence-electron chi connectivity index (χ3n) is 1.71. The molecular weight excluding hydrogens is 252 g/mol. The average Bonchev–Trinajstić information content (AvgIpc) is 2.75. The molecule has 10 heteroatoms. The molecule has 16 heavy (non-hydrogen) atoms. The zero-order valence-corrected chi connectivity index (χ0v) is 9.79. The maximum absolute atomic E-state index is 11.8. The number of hydrogen-bond donors (Lipinski definition) is 2. The van der Waals surface area contributed by atoms with Crippen molar-refractivity contribution in [2.45, 2.75) is 4.90 Å². The molecule has 0 aromatic carbocycles. The summed E-state index contributed by atoms with van der Waals surface area (Å²) in [6, 6.07) is 0. The van der Waals surface area contributed by atoms with E-state index in [-0.39, 0.29) is 10.7 Å². The lowest BCUT2D eigenvalue weighted by molar-refractivity contribution is 0.601. The number of nitrogens with two attached hydrogens (primary N) is 1. The Balaban J connectivity index is 2.36. The van der Waals surface area contributed by atoms with Crippen LogP contribution in [0.5, 0.6) is 0 Å². The largest absolute Gasteiger partial charge is 0.381 e. The standard InChI is InChI=1S/C6H8N6O2S2/c1-12-3-4(6(7)9-12)16(13,14)10-5-2-8-11-15-5/h2-3,10H,1H3,(H2,7,9). The highest BCUT2D eigenvalue weighted by Crippen LogP contribution is 2.20. The summed E-state index contributed by atoms with van der Waals surface area (Å²) in [6.07, 6.45) is 2.64. The van der Waals surface area contributed by atoms with Crippen LogP contribution >= 0.6 is 11.5 Å². The van der Waals surface area contributed by atoms with Crippen LogP contribution in [0.4, 0.5) is 10.8 Å². The first-order chi connectivity index (χ1) is 7.49. The Labute approximate surface area is 95.3 Å². The minimum atomic E-state index is -3.72. The second-order valence-corrected chi connectivity index (χ2v) is 5.38. The van der Waals surface area contributed by atoms with Gasteiger partial charge in [0.1, 0.15) is 9.90 Å². The highest BCUT2D eigenvalue weighted by molar-refractivity contribution is 7.93. The monoisotopic (exact) mass is 260 g/mol. The summed E-state index contributed by atoms with van der Waals surface area (Å²) >= 11 is 0.938. The van der Waals surface area contributed by atoms with E-state index in [0.29, 0.717) is 5.00 Å². The summed E-state index contributed by atoms with van der Waals surface area (Å²) in [7, 11) is -2.13. The van der Waals surface area contributed by atoms with Crippen molar-refractivity contribution in [2.24, 2.45) is 7.05 Å². The van der Waals surface area contributed by atoms with E-state index in [0.717, 1.165) is 11.5 Å². The van der Waals surface area contributed by atoms with Crippen LogP contribution in [-0.2, 0) is 17.1 Å². The average molecular weight is 260 g/mol. The number of anilines is 2. The molecule has 8 nitrogen and oxygen atoms in total. The summed E-state index contributed by atoms with van der Waals surface area (Å²) < 4.78 is 30.9. The van der Waals surface area contributed by atoms with E-state index in [1.807, 2.05) is 0 Å². The van der Waals surface area contributed by atoms with E-state index >= 15 is 0 Å². The molecule has 0 radical (unpaired) electrons. The van der Waals surface area contributed by atoms with Gasteiger partial charge in [-0.15, -0.1) is 5.10 Å². The predicted molar refractivity (Wildman–Crippen MR) is 58.3 cm³/mol. The van der Waals surface area contributed by atoms with Gasteiger partial charge < -0.3 is 5.73 Å². The van der Waals surface area contributed by atoms with E-state index < -0.39 is 10.0 Å². The van der Waals surface area contributed by atoms with Crippen LogP contribution in [0.25, 0.3) is 0 Å². The fourth-order valence-corrected chi connectivity index (χ4v) is 2.88. The minimum absolute atomic E-state index is 0.0486. The molecule has 2 aromatic rings. The number of nitrogens with one attached hydrogen (secondary N) is 1. The molecule has 86 valence electrons. The third-order valence-corrected chi connectivity index (χ3v) is 3.80.